The van der Waals surface area contributed by atoms with Crippen LogP contribution in [0, 0.1) is 0 Å². The van der Waals surface area contributed by atoms with Gasteiger partial charge in [-0.15, -0.1) is 11.3 Å². The normalized spacial score (nSPS) is 13.0. The van der Waals surface area contributed by atoms with Crippen molar-refractivity contribution in [3.63, 3.8) is 0 Å². The molecule has 0 aliphatic heterocycles. The highest BCUT2D eigenvalue weighted by Gasteiger charge is 2.12. The largest absolute Gasteiger partial charge is 0.299 e. The van der Waals surface area contributed by atoms with Gasteiger partial charge in [0.25, 0.3) is 0 Å². The van der Waals surface area contributed by atoms with E-state index >= 15 is 0 Å². The van der Waals surface area contributed by atoms with Gasteiger partial charge in [0.2, 0.25) is 0 Å². The Morgan fingerprint density at radius 1 is 1.82 bits per heavy atom. The minimum absolute atomic E-state index is 0.0717. The monoisotopic (exact) mass is 233 g/mol. The van der Waals surface area contributed by atoms with Crippen LogP contribution in [0.4, 0.5) is 0 Å². The van der Waals surface area contributed by atoms with E-state index in [0.717, 1.165) is 9.61 Å². The number of hydrogen-bond acceptors (Lipinski definition) is 3. The van der Waals surface area contributed by atoms with Gasteiger partial charge in [0, 0.05) is 5.38 Å². The maximum Gasteiger partial charge on any atom is 0.159 e. The summed E-state index contributed by atoms with van der Waals surface area (Å²) in [5.41, 5.74) is 0.856. The van der Waals surface area contributed by atoms with Crippen LogP contribution in [0.25, 0.3) is 0 Å². The van der Waals surface area contributed by atoms with Crippen molar-refractivity contribution in [2.24, 2.45) is 0 Å². The molecule has 0 bridgehead atoms. The Kier molecular flexibility index (Phi) is 2.78. The smallest absolute Gasteiger partial charge is 0.159 e. The van der Waals surface area contributed by atoms with Crippen LogP contribution in [0.15, 0.2) is 9.30 Å². The lowest BCUT2D eigenvalue weighted by Gasteiger charge is -2.00. The highest BCUT2D eigenvalue weighted by molar-refractivity contribution is 9.11. The number of ketones is 1. The van der Waals surface area contributed by atoms with Crippen LogP contribution in [0.1, 0.15) is 25.5 Å². The molecule has 0 amide bonds. The molecular weight excluding hydrogens is 226 g/mol. The molecule has 1 aromatic rings. The van der Waals surface area contributed by atoms with Gasteiger partial charge in [-0.05, 0) is 29.8 Å². The van der Waals surface area contributed by atoms with E-state index in [0.29, 0.717) is 0 Å². The van der Waals surface area contributed by atoms with Crippen LogP contribution >= 0.6 is 27.3 Å². The summed E-state index contributed by atoms with van der Waals surface area (Å²) in [4.78, 5) is 15.0. The van der Waals surface area contributed by atoms with Crippen molar-refractivity contribution in [1.82, 2.24) is 4.98 Å². The van der Waals surface area contributed by atoms with Gasteiger partial charge in [0.05, 0.1) is 11.6 Å². The van der Waals surface area contributed by atoms with Gasteiger partial charge in [0.15, 0.2) is 3.92 Å². The summed E-state index contributed by atoms with van der Waals surface area (Å²) in [5, 5.41) is 1.90. The Hall–Kier alpha value is -0.220. The molecule has 0 saturated heterocycles. The quantitative estimate of drug-likeness (QED) is 0.787. The predicted octanol–water partition coefficient (Wildman–Crippen LogP) is 2.60. The maximum absolute atomic E-state index is 10.9. The van der Waals surface area contributed by atoms with E-state index in [4.69, 9.17) is 0 Å². The van der Waals surface area contributed by atoms with Crippen molar-refractivity contribution in [2.45, 2.75) is 19.8 Å². The second kappa shape index (κ2) is 3.45. The van der Waals surface area contributed by atoms with Crippen molar-refractivity contribution in [2.75, 3.05) is 0 Å². The first-order chi connectivity index (χ1) is 5.11. The SMILES string of the molecule is CC(=O)C(C)c1csc(Br)n1. The Morgan fingerprint density at radius 3 is 2.82 bits per heavy atom. The van der Waals surface area contributed by atoms with Gasteiger partial charge in [0.1, 0.15) is 5.78 Å². The first kappa shape index (κ1) is 8.87. The average molecular weight is 234 g/mol. The predicted molar refractivity (Wildman–Crippen MR) is 48.9 cm³/mol. The van der Waals surface area contributed by atoms with Crippen LogP contribution in [0.5, 0.6) is 0 Å². The highest BCUT2D eigenvalue weighted by Crippen LogP contribution is 2.22. The lowest BCUT2D eigenvalue weighted by molar-refractivity contribution is -0.118. The van der Waals surface area contributed by atoms with E-state index in [1.165, 1.54) is 11.3 Å². The van der Waals surface area contributed by atoms with Crippen molar-refractivity contribution in [1.29, 1.82) is 0 Å². The van der Waals surface area contributed by atoms with E-state index in [1.54, 1.807) is 6.92 Å². The lowest BCUT2D eigenvalue weighted by Crippen LogP contribution is -2.03. The van der Waals surface area contributed by atoms with Crippen molar-refractivity contribution >= 4 is 33.0 Å². The molecule has 0 saturated carbocycles. The second-order valence-corrected chi connectivity index (χ2v) is 4.49. The minimum atomic E-state index is -0.0717. The van der Waals surface area contributed by atoms with Gasteiger partial charge in [-0.25, -0.2) is 4.98 Å². The fourth-order valence-corrected chi connectivity index (χ4v) is 1.79. The fraction of sp³-hybridized carbons (Fsp3) is 0.429. The Morgan fingerprint density at radius 2 is 2.45 bits per heavy atom. The molecule has 0 radical (unpaired) electrons. The summed E-state index contributed by atoms with van der Waals surface area (Å²) in [6.45, 7) is 3.45. The summed E-state index contributed by atoms with van der Waals surface area (Å²) in [5.74, 6) is 0.0837. The molecule has 0 aromatic carbocycles. The van der Waals surface area contributed by atoms with E-state index in [-0.39, 0.29) is 11.7 Å². The Labute approximate surface area is 77.8 Å². The molecule has 2 nitrogen and oxygen atoms in total. The van der Waals surface area contributed by atoms with Crippen molar-refractivity contribution < 1.29 is 4.79 Å². The number of carbonyl (C=O) groups is 1. The summed E-state index contributed by atoms with van der Waals surface area (Å²) in [6, 6.07) is 0. The third-order valence-electron chi connectivity index (χ3n) is 1.55. The zero-order valence-electron chi connectivity index (χ0n) is 6.30. The van der Waals surface area contributed by atoms with E-state index in [2.05, 4.69) is 20.9 Å². The number of thiazole rings is 1. The zero-order chi connectivity index (χ0) is 8.43. The van der Waals surface area contributed by atoms with Crippen LogP contribution in [-0.2, 0) is 4.79 Å². The molecule has 0 spiro atoms. The third-order valence-corrected chi connectivity index (χ3v) is 2.93. The zero-order valence-corrected chi connectivity index (χ0v) is 8.70. The third kappa shape index (κ3) is 2.10. The fourth-order valence-electron chi connectivity index (χ4n) is 0.670. The first-order valence-electron chi connectivity index (χ1n) is 3.22. The van der Waals surface area contributed by atoms with Crippen LogP contribution in [0.2, 0.25) is 0 Å². The number of hydrogen-bond donors (Lipinski definition) is 0. The molecule has 0 fully saturated rings. The Balaban J connectivity index is 2.84. The van der Waals surface area contributed by atoms with Crippen molar-refractivity contribution in [3.05, 3.63) is 15.0 Å². The van der Waals surface area contributed by atoms with Crippen LogP contribution < -0.4 is 0 Å². The summed E-state index contributed by atoms with van der Waals surface area (Å²) >= 11 is 4.75. The van der Waals surface area contributed by atoms with E-state index in [1.807, 2.05) is 12.3 Å². The van der Waals surface area contributed by atoms with Crippen LogP contribution in [-0.4, -0.2) is 10.8 Å². The Bertz CT molecular complexity index is 271. The second-order valence-electron chi connectivity index (χ2n) is 2.36. The number of aromatic nitrogens is 1. The molecule has 11 heavy (non-hydrogen) atoms. The number of rotatable bonds is 2. The highest BCUT2D eigenvalue weighted by atomic mass is 79.9. The topological polar surface area (TPSA) is 30.0 Å². The molecule has 4 heteroatoms. The molecule has 1 atom stereocenters. The molecule has 0 N–H and O–H groups in total. The first-order valence-corrected chi connectivity index (χ1v) is 4.90. The van der Waals surface area contributed by atoms with Gasteiger partial charge in [-0.1, -0.05) is 0 Å². The average Bonchev–Trinajstić information content (AvgIpc) is 2.34. The van der Waals surface area contributed by atoms with Gasteiger partial charge >= 0.3 is 0 Å². The lowest BCUT2D eigenvalue weighted by atomic mass is 10.1. The number of carbonyl (C=O) groups excluding carboxylic acids is 1. The number of nitrogens with zero attached hydrogens (tertiary/aromatic N) is 1. The van der Waals surface area contributed by atoms with Crippen LogP contribution in [0.3, 0.4) is 0 Å². The maximum atomic E-state index is 10.9. The molecule has 0 aliphatic rings. The summed E-state index contributed by atoms with van der Waals surface area (Å²) in [7, 11) is 0. The van der Waals surface area contributed by atoms with Gasteiger partial charge < -0.3 is 0 Å². The molecule has 60 valence electrons. The van der Waals surface area contributed by atoms with Gasteiger partial charge in [-0.2, -0.15) is 0 Å². The number of halogens is 1. The standard InChI is InChI=1S/C7H8BrNOS/c1-4(5(2)10)6-3-11-7(8)9-6/h3-4H,1-2H3. The molecule has 0 aliphatic carbocycles. The summed E-state index contributed by atoms with van der Waals surface area (Å²) in [6.07, 6.45) is 0. The molecule has 1 rings (SSSR count). The van der Waals surface area contributed by atoms with E-state index < -0.39 is 0 Å². The molecule has 1 unspecified atom stereocenters. The van der Waals surface area contributed by atoms with Crippen molar-refractivity contribution in [3.8, 4) is 0 Å². The summed E-state index contributed by atoms with van der Waals surface area (Å²) < 4.78 is 0.834. The number of Topliss-reactive ketones (excluding diaryl/α,β-unsaturated/α-hetero) is 1. The molecular formula is C7H8BrNOS. The molecule has 1 aromatic heterocycles. The molecule has 1 heterocycles. The minimum Gasteiger partial charge on any atom is -0.299 e. The van der Waals surface area contributed by atoms with Gasteiger partial charge in [-0.3, -0.25) is 4.79 Å². The van der Waals surface area contributed by atoms with E-state index in [9.17, 15) is 4.79 Å².